The Kier molecular flexibility index (Phi) is 3.70. The molecule has 0 aromatic heterocycles. The molecule has 4 unspecified atom stereocenters. The van der Waals surface area contributed by atoms with E-state index in [0.717, 1.165) is 19.3 Å². The molecule has 1 heterocycles. The Balaban J connectivity index is 1.77. The van der Waals surface area contributed by atoms with Gasteiger partial charge in [0.1, 0.15) is 12.1 Å². The lowest BCUT2D eigenvalue weighted by atomic mass is 10.0. The van der Waals surface area contributed by atoms with Crippen LogP contribution in [-0.4, -0.2) is 34.8 Å². The lowest BCUT2D eigenvalue weighted by Gasteiger charge is -2.38. The van der Waals surface area contributed by atoms with Gasteiger partial charge in [-0.25, -0.2) is 0 Å². The highest BCUT2D eigenvalue weighted by atomic mass is 16.2. The third kappa shape index (κ3) is 2.55. The van der Waals surface area contributed by atoms with Crippen LogP contribution in [0.1, 0.15) is 44.6 Å². The van der Waals surface area contributed by atoms with Gasteiger partial charge in [-0.3, -0.25) is 9.59 Å². The summed E-state index contributed by atoms with van der Waals surface area (Å²) in [6.07, 6.45) is 2.58. The van der Waals surface area contributed by atoms with Gasteiger partial charge >= 0.3 is 0 Å². The molecule has 4 atom stereocenters. The number of benzene rings is 1. The van der Waals surface area contributed by atoms with Crippen LogP contribution in [0, 0.1) is 0 Å². The van der Waals surface area contributed by atoms with Gasteiger partial charge in [-0.2, -0.15) is 0 Å². The van der Waals surface area contributed by atoms with Crippen LogP contribution in [0.2, 0.25) is 0 Å². The zero-order valence-corrected chi connectivity index (χ0v) is 12.6. The molecule has 4 nitrogen and oxygen atoms in total. The first-order chi connectivity index (χ1) is 10.1. The maximum Gasteiger partial charge on any atom is 0.246 e. The molecule has 1 aromatic carbocycles. The average Bonchev–Trinajstić information content (AvgIpc) is 3.26. The molecule has 2 amide bonds. The van der Waals surface area contributed by atoms with Gasteiger partial charge in [-0.1, -0.05) is 43.7 Å². The first-order valence-electron chi connectivity index (χ1n) is 7.81. The molecular formula is C17H22N2O2. The molecule has 1 N–H and O–H groups in total. The van der Waals surface area contributed by atoms with E-state index in [1.807, 2.05) is 36.9 Å². The summed E-state index contributed by atoms with van der Waals surface area (Å²) in [6, 6.07) is 9.75. The average molecular weight is 286 g/mol. The van der Waals surface area contributed by atoms with Gasteiger partial charge in [-0.15, -0.1) is 0 Å². The molecule has 0 bridgehead atoms. The van der Waals surface area contributed by atoms with Crippen LogP contribution < -0.4 is 5.32 Å². The Morgan fingerprint density at radius 1 is 1.24 bits per heavy atom. The highest BCUT2D eigenvalue weighted by molar-refractivity contribution is 5.97. The molecule has 2 aliphatic rings. The molecule has 1 saturated carbocycles. The molecule has 3 rings (SSSR count). The summed E-state index contributed by atoms with van der Waals surface area (Å²) in [5.41, 5.74) is 1.26. The number of carbonyl (C=O) groups excluding carboxylic acids is 2. The quantitative estimate of drug-likeness (QED) is 0.921. The van der Waals surface area contributed by atoms with Crippen LogP contribution in [0.25, 0.3) is 0 Å². The number of rotatable bonds is 4. The fourth-order valence-corrected chi connectivity index (χ4v) is 3.33. The third-order valence-corrected chi connectivity index (χ3v) is 4.58. The maximum atomic E-state index is 12.6. The van der Waals surface area contributed by atoms with Crippen molar-refractivity contribution in [2.24, 2.45) is 0 Å². The number of amides is 2. The van der Waals surface area contributed by atoms with Gasteiger partial charge in [0.25, 0.3) is 0 Å². The molecule has 1 aromatic rings. The van der Waals surface area contributed by atoms with Gasteiger partial charge in [0.15, 0.2) is 0 Å². The molecule has 4 heteroatoms. The van der Waals surface area contributed by atoms with E-state index in [0.29, 0.717) is 5.92 Å². The summed E-state index contributed by atoms with van der Waals surface area (Å²) in [7, 11) is 0. The van der Waals surface area contributed by atoms with Crippen LogP contribution in [0.5, 0.6) is 0 Å². The normalized spacial score (nSPS) is 32.0. The Hall–Kier alpha value is -1.84. The molecule has 0 spiro atoms. The Labute approximate surface area is 125 Å². The lowest BCUT2D eigenvalue weighted by Crippen LogP contribution is -2.63. The van der Waals surface area contributed by atoms with E-state index in [-0.39, 0.29) is 29.9 Å². The topological polar surface area (TPSA) is 49.4 Å². The maximum absolute atomic E-state index is 12.6. The predicted molar refractivity (Wildman–Crippen MR) is 80.7 cm³/mol. The van der Waals surface area contributed by atoms with Gasteiger partial charge in [0.2, 0.25) is 11.8 Å². The molecule has 112 valence electrons. The predicted octanol–water partition coefficient (Wildman–Crippen LogP) is 2.06. The van der Waals surface area contributed by atoms with E-state index in [4.69, 9.17) is 0 Å². The highest BCUT2D eigenvalue weighted by Crippen LogP contribution is 2.46. The van der Waals surface area contributed by atoms with Crippen molar-refractivity contribution in [3.05, 3.63) is 35.9 Å². The lowest BCUT2D eigenvalue weighted by molar-refractivity contribution is -0.149. The smallest absolute Gasteiger partial charge is 0.246 e. The SMILES string of the molecule is CCCC1NC(=O)C(C)N(C2CC2c2ccccc2)C1=O. The molecule has 0 radical (unpaired) electrons. The van der Waals surface area contributed by atoms with Crippen LogP contribution in [0.15, 0.2) is 30.3 Å². The van der Waals surface area contributed by atoms with Gasteiger partial charge < -0.3 is 10.2 Å². The minimum absolute atomic E-state index is 0.0215. The highest BCUT2D eigenvalue weighted by Gasteiger charge is 2.51. The largest absolute Gasteiger partial charge is 0.343 e. The number of hydrogen-bond donors (Lipinski definition) is 1. The van der Waals surface area contributed by atoms with E-state index in [2.05, 4.69) is 17.4 Å². The fourth-order valence-electron chi connectivity index (χ4n) is 3.33. The van der Waals surface area contributed by atoms with Crippen molar-refractivity contribution in [2.45, 2.75) is 57.2 Å². The van der Waals surface area contributed by atoms with Gasteiger partial charge in [-0.05, 0) is 25.3 Å². The summed E-state index contributed by atoms with van der Waals surface area (Å²) < 4.78 is 0. The summed E-state index contributed by atoms with van der Waals surface area (Å²) >= 11 is 0. The van der Waals surface area contributed by atoms with Crippen molar-refractivity contribution in [3.8, 4) is 0 Å². The second kappa shape index (κ2) is 5.51. The molecule has 21 heavy (non-hydrogen) atoms. The van der Waals surface area contributed by atoms with Crippen LogP contribution >= 0.6 is 0 Å². The minimum atomic E-state index is -0.357. The van der Waals surface area contributed by atoms with Crippen molar-refractivity contribution >= 4 is 11.8 Å². The standard InChI is InChI=1S/C17H22N2O2/c1-3-7-14-17(21)19(11(2)16(20)18-14)15-10-13(15)12-8-5-4-6-9-12/h4-6,8-9,11,13-15H,3,7,10H2,1-2H3,(H,18,20). The molecule has 1 saturated heterocycles. The Morgan fingerprint density at radius 3 is 2.62 bits per heavy atom. The van der Waals surface area contributed by atoms with Crippen molar-refractivity contribution in [1.29, 1.82) is 0 Å². The number of hydrogen-bond acceptors (Lipinski definition) is 2. The fraction of sp³-hybridized carbons (Fsp3) is 0.529. The van der Waals surface area contributed by atoms with Crippen LogP contribution in [0.3, 0.4) is 0 Å². The summed E-state index contributed by atoms with van der Waals surface area (Å²) in [6.45, 7) is 3.86. The first-order valence-corrected chi connectivity index (χ1v) is 7.81. The summed E-state index contributed by atoms with van der Waals surface area (Å²) in [5.74, 6) is 0.449. The third-order valence-electron chi connectivity index (χ3n) is 4.58. The van der Waals surface area contributed by atoms with E-state index in [1.165, 1.54) is 5.56 Å². The minimum Gasteiger partial charge on any atom is -0.343 e. The Morgan fingerprint density at radius 2 is 1.95 bits per heavy atom. The number of nitrogens with zero attached hydrogens (tertiary/aromatic N) is 1. The number of nitrogens with one attached hydrogen (secondary N) is 1. The van der Waals surface area contributed by atoms with Crippen molar-refractivity contribution < 1.29 is 9.59 Å². The monoisotopic (exact) mass is 286 g/mol. The molecule has 1 aliphatic carbocycles. The zero-order valence-electron chi connectivity index (χ0n) is 12.6. The summed E-state index contributed by atoms with van der Waals surface area (Å²) in [4.78, 5) is 26.6. The van der Waals surface area contributed by atoms with Gasteiger partial charge in [0, 0.05) is 12.0 Å². The van der Waals surface area contributed by atoms with E-state index in [1.54, 1.807) is 0 Å². The second-order valence-corrected chi connectivity index (χ2v) is 6.09. The van der Waals surface area contributed by atoms with Crippen molar-refractivity contribution in [2.75, 3.05) is 0 Å². The van der Waals surface area contributed by atoms with E-state index < -0.39 is 0 Å². The van der Waals surface area contributed by atoms with Crippen molar-refractivity contribution in [1.82, 2.24) is 10.2 Å². The zero-order chi connectivity index (χ0) is 15.0. The van der Waals surface area contributed by atoms with Crippen molar-refractivity contribution in [3.63, 3.8) is 0 Å². The number of piperazine rings is 1. The van der Waals surface area contributed by atoms with E-state index >= 15 is 0 Å². The molecular weight excluding hydrogens is 264 g/mol. The first kappa shape index (κ1) is 14.1. The molecule has 1 aliphatic heterocycles. The van der Waals surface area contributed by atoms with Crippen LogP contribution in [-0.2, 0) is 9.59 Å². The van der Waals surface area contributed by atoms with E-state index in [9.17, 15) is 9.59 Å². The van der Waals surface area contributed by atoms with Crippen LogP contribution in [0.4, 0.5) is 0 Å². The second-order valence-electron chi connectivity index (χ2n) is 6.09. The summed E-state index contributed by atoms with van der Waals surface area (Å²) in [5, 5.41) is 2.85. The molecule has 2 fully saturated rings. The van der Waals surface area contributed by atoms with Gasteiger partial charge in [0.05, 0.1) is 0 Å². The Bertz CT molecular complexity index is 543. The number of carbonyl (C=O) groups is 2.